The molecular formula is C47H27N3O2. The molecule has 0 unspecified atom stereocenters. The van der Waals surface area contributed by atoms with Gasteiger partial charge in [-0.25, -0.2) is 0 Å². The van der Waals surface area contributed by atoms with E-state index in [4.69, 9.17) is 13.8 Å². The standard InChI is InChI=1S/C47H27N3O2/c1-4-11-39-32(8-1)33-9-2-5-12-40(33)49(39)30-17-21-45-37(26-30)35-24-28(15-19-43(35)51-45)29-16-20-44-36(25-29)38-27-31(18-22-46(38)52-44)50-41-13-6-3-10-34(41)47-42(50)14-7-23-48-47/h1-27H. The summed E-state index contributed by atoms with van der Waals surface area (Å²) in [6.45, 7) is 0. The van der Waals surface area contributed by atoms with Gasteiger partial charge in [0.05, 0.1) is 27.6 Å². The lowest BCUT2D eigenvalue weighted by Crippen LogP contribution is -1.93. The lowest BCUT2D eigenvalue weighted by molar-refractivity contribution is 0.668. The van der Waals surface area contributed by atoms with E-state index in [0.29, 0.717) is 0 Å². The predicted molar refractivity (Wildman–Crippen MR) is 213 cm³/mol. The molecule has 0 spiro atoms. The van der Waals surface area contributed by atoms with Crippen LogP contribution in [0, 0.1) is 0 Å². The number of rotatable bonds is 3. The van der Waals surface area contributed by atoms with Crippen LogP contribution in [0.25, 0.3) is 110 Å². The van der Waals surface area contributed by atoms with Crippen LogP contribution >= 0.6 is 0 Å². The Morgan fingerprint density at radius 3 is 1.33 bits per heavy atom. The van der Waals surface area contributed by atoms with Crippen LogP contribution in [0.15, 0.2) is 173 Å². The molecule has 5 heterocycles. The normalized spacial score (nSPS) is 12.2. The largest absolute Gasteiger partial charge is 0.456 e. The van der Waals surface area contributed by atoms with Crippen molar-refractivity contribution in [3.63, 3.8) is 0 Å². The number of para-hydroxylation sites is 3. The van der Waals surface area contributed by atoms with Crippen molar-refractivity contribution >= 4 is 87.6 Å². The van der Waals surface area contributed by atoms with Gasteiger partial charge in [0.25, 0.3) is 0 Å². The van der Waals surface area contributed by atoms with E-state index >= 15 is 0 Å². The first kappa shape index (κ1) is 27.7. The molecule has 52 heavy (non-hydrogen) atoms. The molecule has 242 valence electrons. The molecule has 0 amide bonds. The number of hydrogen-bond donors (Lipinski definition) is 0. The Kier molecular flexibility index (Phi) is 5.44. The minimum Gasteiger partial charge on any atom is -0.456 e. The molecule has 0 aliphatic rings. The van der Waals surface area contributed by atoms with Crippen molar-refractivity contribution < 1.29 is 8.83 Å². The fraction of sp³-hybridized carbons (Fsp3) is 0. The van der Waals surface area contributed by atoms with Gasteiger partial charge < -0.3 is 18.0 Å². The third-order valence-electron chi connectivity index (χ3n) is 10.8. The molecule has 0 atom stereocenters. The number of pyridine rings is 1. The summed E-state index contributed by atoms with van der Waals surface area (Å²) in [5, 5.41) is 7.99. The number of benzene rings is 7. The van der Waals surface area contributed by atoms with Crippen molar-refractivity contribution in [2.24, 2.45) is 0 Å². The summed E-state index contributed by atoms with van der Waals surface area (Å²) in [6, 6.07) is 55.8. The Balaban J connectivity index is 1.02. The van der Waals surface area contributed by atoms with Gasteiger partial charge >= 0.3 is 0 Å². The molecule has 12 rings (SSSR count). The maximum atomic E-state index is 6.38. The maximum absolute atomic E-state index is 6.38. The first-order chi connectivity index (χ1) is 25.8. The molecule has 5 aromatic heterocycles. The molecule has 0 aliphatic carbocycles. The molecule has 0 bridgehead atoms. The van der Waals surface area contributed by atoms with E-state index in [-0.39, 0.29) is 0 Å². The molecule has 0 saturated carbocycles. The third-order valence-corrected chi connectivity index (χ3v) is 10.8. The number of nitrogens with zero attached hydrogens (tertiary/aromatic N) is 3. The SMILES string of the molecule is c1ccc2c(c1)c1ccccc1n2-c1ccc2oc3ccc(-c4ccc5oc6ccc(-n7c8ccccc8c8ncccc87)cc6c5c4)cc3c2c1. The van der Waals surface area contributed by atoms with Crippen molar-refractivity contribution in [2.75, 3.05) is 0 Å². The zero-order chi connectivity index (χ0) is 33.9. The van der Waals surface area contributed by atoms with Crippen LogP contribution in [0.1, 0.15) is 0 Å². The first-order valence-electron chi connectivity index (χ1n) is 17.5. The van der Waals surface area contributed by atoms with E-state index < -0.39 is 0 Å². The van der Waals surface area contributed by atoms with Gasteiger partial charge in [0.1, 0.15) is 22.3 Å². The van der Waals surface area contributed by atoms with Crippen LogP contribution in [-0.2, 0) is 0 Å². The molecule has 7 aromatic carbocycles. The van der Waals surface area contributed by atoms with Crippen LogP contribution in [0.4, 0.5) is 0 Å². The van der Waals surface area contributed by atoms with E-state index in [0.717, 1.165) is 88.3 Å². The van der Waals surface area contributed by atoms with Crippen LogP contribution in [0.2, 0.25) is 0 Å². The van der Waals surface area contributed by atoms with Gasteiger partial charge in [-0.3, -0.25) is 4.98 Å². The van der Waals surface area contributed by atoms with Crippen molar-refractivity contribution in [1.29, 1.82) is 0 Å². The van der Waals surface area contributed by atoms with Crippen LogP contribution in [-0.4, -0.2) is 14.1 Å². The second-order valence-corrected chi connectivity index (χ2v) is 13.6. The average Bonchev–Trinajstić information content (AvgIpc) is 3.94. The number of aromatic nitrogens is 3. The number of hydrogen-bond acceptors (Lipinski definition) is 3. The maximum Gasteiger partial charge on any atom is 0.135 e. The summed E-state index contributed by atoms with van der Waals surface area (Å²) in [5.74, 6) is 0. The second kappa shape index (κ2) is 10.2. The van der Waals surface area contributed by atoms with Crippen LogP contribution in [0.5, 0.6) is 0 Å². The molecule has 12 aromatic rings. The molecule has 0 fully saturated rings. The fourth-order valence-corrected chi connectivity index (χ4v) is 8.43. The molecule has 0 N–H and O–H groups in total. The minimum atomic E-state index is 0.865. The highest BCUT2D eigenvalue weighted by Gasteiger charge is 2.17. The second-order valence-electron chi connectivity index (χ2n) is 13.6. The smallest absolute Gasteiger partial charge is 0.135 e. The fourth-order valence-electron chi connectivity index (χ4n) is 8.43. The zero-order valence-electron chi connectivity index (χ0n) is 27.7. The van der Waals surface area contributed by atoms with E-state index in [1.807, 2.05) is 12.3 Å². The number of fused-ring (bicyclic) bond motifs is 12. The van der Waals surface area contributed by atoms with Crippen LogP contribution < -0.4 is 0 Å². The summed E-state index contributed by atoms with van der Waals surface area (Å²) in [4.78, 5) is 4.73. The Labute approximate surface area is 296 Å². The van der Waals surface area contributed by atoms with Crippen molar-refractivity contribution in [2.45, 2.75) is 0 Å². The minimum absolute atomic E-state index is 0.865. The van der Waals surface area contributed by atoms with Crippen molar-refractivity contribution in [3.05, 3.63) is 164 Å². The summed E-state index contributed by atoms with van der Waals surface area (Å²) < 4.78 is 17.4. The lowest BCUT2D eigenvalue weighted by Gasteiger charge is -2.08. The quantitative estimate of drug-likeness (QED) is 0.189. The summed E-state index contributed by atoms with van der Waals surface area (Å²) in [7, 11) is 0. The predicted octanol–water partition coefficient (Wildman–Crippen LogP) is 12.7. The van der Waals surface area contributed by atoms with Gasteiger partial charge in [0.15, 0.2) is 0 Å². The summed E-state index contributed by atoms with van der Waals surface area (Å²) in [6.07, 6.45) is 1.86. The van der Waals surface area contributed by atoms with Crippen molar-refractivity contribution in [1.82, 2.24) is 14.1 Å². The van der Waals surface area contributed by atoms with Gasteiger partial charge in [-0.1, -0.05) is 66.7 Å². The molecule has 0 saturated heterocycles. The van der Waals surface area contributed by atoms with E-state index in [1.165, 1.54) is 21.8 Å². The highest BCUT2D eigenvalue weighted by atomic mass is 16.3. The Hall–Kier alpha value is -7.11. The highest BCUT2D eigenvalue weighted by Crippen LogP contribution is 2.39. The topological polar surface area (TPSA) is 49.0 Å². The zero-order valence-corrected chi connectivity index (χ0v) is 27.7. The monoisotopic (exact) mass is 665 g/mol. The van der Waals surface area contributed by atoms with Crippen LogP contribution in [0.3, 0.4) is 0 Å². The van der Waals surface area contributed by atoms with Gasteiger partial charge in [0.2, 0.25) is 0 Å². The molecule has 5 heteroatoms. The van der Waals surface area contributed by atoms with E-state index in [9.17, 15) is 0 Å². The van der Waals surface area contributed by atoms with Gasteiger partial charge in [-0.05, 0) is 102 Å². The molecular weight excluding hydrogens is 639 g/mol. The first-order valence-corrected chi connectivity index (χ1v) is 17.5. The molecule has 0 aliphatic heterocycles. The number of furan rings is 2. The Morgan fingerprint density at radius 1 is 0.346 bits per heavy atom. The van der Waals surface area contributed by atoms with Gasteiger partial charge in [-0.15, -0.1) is 0 Å². The molecule has 0 radical (unpaired) electrons. The average molecular weight is 666 g/mol. The van der Waals surface area contributed by atoms with Crippen molar-refractivity contribution in [3.8, 4) is 22.5 Å². The van der Waals surface area contributed by atoms with E-state index in [1.54, 1.807) is 0 Å². The lowest BCUT2D eigenvalue weighted by atomic mass is 10.0. The van der Waals surface area contributed by atoms with Gasteiger partial charge in [-0.2, -0.15) is 0 Å². The van der Waals surface area contributed by atoms with Gasteiger partial charge in [0, 0.05) is 55.3 Å². The molecule has 5 nitrogen and oxygen atoms in total. The highest BCUT2D eigenvalue weighted by molar-refractivity contribution is 6.12. The summed E-state index contributed by atoms with van der Waals surface area (Å²) in [5.41, 5.74) is 13.5. The summed E-state index contributed by atoms with van der Waals surface area (Å²) >= 11 is 0. The Bertz CT molecular complexity index is 3090. The third kappa shape index (κ3) is 3.79. The Morgan fingerprint density at radius 2 is 0.769 bits per heavy atom. The van der Waals surface area contributed by atoms with E-state index in [2.05, 4.69) is 161 Å².